The van der Waals surface area contributed by atoms with Gasteiger partial charge in [0.25, 0.3) is 0 Å². The molecule has 7 nitrogen and oxygen atoms in total. The number of likely N-dealkylation sites (tertiary alicyclic amines) is 1. The lowest BCUT2D eigenvalue weighted by Gasteiger charge is -2.59. The van der Waals surface area contributed by atoms with Crippen molar-refractivity contribution in [3.05, 3.63) is 0 Å². The fourth-order valence-corrected chi connectivity index (χ4v) is 9.60. The Hall–Kier alpha value is -0.460. The molecule has 5 aliphatic rings. The maximum atomic E-state index is 14.4. The molecule has 0 aromatic rings. The van der Waals surface area contributed by atoms with Gasteiger partial charge in [-0.2, -0.15) is 13.2 Å². The van der Waals surface area contributed by atoms with E-state index in [2.05, 4.69) is 34.5 Å². The minimum Gasteiger partial charge on any atom is -0.333 e. The molecular formula is C26H43ClF3N5O2S. The van der Waals surface area contributed by atoms with E-state index in [9.17, 15) is 22.2 Å². The van der Waals surface area contributed by atoms with Crippen molar-refractivity contribution in [2.75, 3.05) is 31.6 Å². The second-order valence-electron chi connectivity index (χ2n) is 12.8. The largest absolute Gasteiger partial charge is 0.409 e. The van der Waals surface area contributed by atoms with Crippen LogP contribution < -0.4 is 10.7 Å². The van der Waals surface area contributed by atoms with Gasteiger partial charge in [0.1, 0.15) is 6.04 Å². The van der Waals surface area contributed by atoms with E-state index in [4.69, 9.17) is 11.6 Å². The highest BCUT2D eigenvalue weighted by atomic mass is 35.5. The van der Waals surface area contributed by atoms with Crippen molar-refractivity contribution >= 4 is 28.3 Å². The van der Waals surface area contributed by atoms with Crippen molar-refractivity contribution in [2.24, 2.45) is 17.3 Å². The molecule has 218 valence electrons. The number of carbonyl (C=O) groups is 1. The Morgan fingerprint density at radius 1 is 1.13 bits per heavy atom. The van der Waals surface area contributed by atoms with Crippen molar-refractivity contribution in [1.82, 2.24) is 25.6 Å². The Morgan fingerprint density at radius 2 is 1.79 bits per heavy atom. The number of halogens is 4. The molecule has 2 N–H and O–H groups in total. The lowest BCUT2D eigenvalue weighted by atomic mass is 9.71. The van der Waals surface area contributed by atoms with E-state index >= 15 is 0 Å². The van der Waals surface area contributed by atoms with Crippen LogP contribution in [0.5, 0.6) is 0 Å². The molecular weight excluding hydrogens is 539 g/mol. The van der Waals surface area contributed by atoms with Crippen LogP contribution in [-0.2, 0) is 15.6 Å². The minimum atomic E-state index is -4.47. The van der Waals surface area contributed by atoms with Crippen LogP contribution in [-0.4, -0.2) is 98.6 Å². The molecule has 1 amide bonds. The predicted octanol–water partition coefficient (Wildman–Crippen LogP) is 3.27. The Morgan fingerprint density at radius 3 is 2.42 bits per heavy atom. The van der Waals surface area contributed by atoms with Gasteiger partial charge in [-0.25, -0.2) is 10.4 Å². The molecule has 4 unspecified atom stereocenters. The van der Waals surface area contributed by atoms with Gasteiger partial charge in [-0.15, -0.1) is 11.6 Å². The fraction of sp³-hybridized carbons (Fsp3) is 0.962. The Kier molecular flexibility index (Phi) is 8.47. The van der Waals surface area contributed by atoms with Crippen LogP contribution in [0.3, 0.4) is 0 Å². The molecule has 0 aromatic carbocycles. The third-order valence-electron chi connectivity index (χ3n) is 10.0. The average Bonchev–Trinajstić information content (AvgIpc) is 3.24. The van der Waals surface area contributed by atoms with Crippen LogP contribution in [0.15, 0.2) is 0 Å². The van der Waals surface area contributed by atoms with Crippen LogP contribution in [0, 0.1) is 17.3 Å². The number of alkyl halides is 4. The molecule has 0 bridgehead atoms. The number of carbonyl (C=O) groups excluding carboxylic acids is 1. The summed E-state index contributed by atoms with van der Waals surface area (Å²) in [5.74, 6) is -0.696. The van der Waals surface area contributed by atoms with Crippen LogP contribution >= 0.6 is 11.6 Å². The second-order valence-corrected chi connectivity index (χ2v) is 15.0. The zero-order chi connectivity index (χ0) is 27.4. The Bertz CT molecular complexity index is 893. The molecule has 5 fully saturated rings. The highest BCUT2D eigenvalue weighted by Gasteiger charge is 2.55. The van der Waals surface area contributed by atoms with Gasteiger partial charge in [0.15, 0.2) is 0 Å². The van der Waals surface area contributed by atoms with Crippen molar-refractivity contribution in [1.29, 1.82) is 0 Å². The summed E-state index contributed by atoms with van der Waals surface area (Å²) in [6.07, 6.45) is 0.760. The molecule has 4 heterocycles. The Balaban J connectivity index is 1.25. The van der Waals surface area contributed by atoms with Gasteiger partial charge in [-0.3, -0.25) is 19.2 Å². The number of nitrogens with zero attached hydrogens (tertiary/aromatic N) is 3. The molecule has 5 atom stereocenters. The average molecular weight is 582 g/mol. The van der Waals surface area contributed by atoms with E-state index in [0.717, 1.165) is 30.8 Å². The van der Waals surface area contributed by atoms with Gasteiger partial charge in [0.2, 0.25) is 5.91 Å². The molecule has 0 aromatic heterocycles. The van der Waals surface area contributed by atoms with Crippen molar-refractivity contribution in [2.45, 2.75) is 107 Å². The van der Waals surface area contributed by atoms with Gasteiger partial charge in [0.05, 0.1) is 11.7 Å². The number of amides is 1. The van der Waals surface area contributed by atoms with Gasteiger partial charge in [-0.1, -0.05) is 13.8 Å². The number of piperidine rings is 1. The summed E-state index contributed by atoms with van der Waals surface area (Å²) in [5, 5.41) is 5.96. The normalized spacial score (nSPS) is 41.2. The lowest BCUT2D eigenvalue weighted by molar-refractivity contribution is -0.203. The van der Waals surface area contributed by atoms with Crippen LogP contribution in [0.4, 0.5) is 13.2 Å². The fourth-order valence-electron chi connectivity index (χ4n) is 8.02. The van der Waals surface area contributed by atoms with E-state index in [1.807, 2.05) is 0 Å². The van der Waals surface area contributed by atoms with Gasteiger partial charge in [-0.05, 0) is 62.8 Å². The number of hydrazine groups is 1. The standard InChI is InChI=1S/C26H43ClF3N5O2S/c1-25(2)10-11-34(19-15-31-21-14-20(27)32-35(21)23(19)25)18-6-4-16(5-7-18)22(26(28,29)30)33(3)24(36)17-8-12-38(37)13-9-17/h16-23,31-32H,4-15H2,1-3H3/t16?,17?,18?,19?,20?,21?,22-,23?,38?/m0/s1. The highest BCUT2D eigenvalue weighted by molar-refractivity contribution is 7.85. The summed E-state index contributed by atoms with van der Waals surface area (Å²) in [5.41, 5.74) is 3.46. The van der Waals surface area contributed by atoms with Gasteiger partial charge < -0.3 is 4.90 Å². The smallest absolute Gasteiger partial charge is 0.333 e. The van der Waals surface area contributed by atoms with Crippen molar-refractivity contribution in [3.8, 4) is 0 Å². The summed E-state index contributed by atoms with van der Waals surface area (Å²) >= 11 is 6.44. The van der Waals surface area contributed by atoms with E-state index in [-0.39, 0.29) is 35.2 Å². The van der Waals surface area contributed by atoms with Crippen LogP contribution in [0.2, 0.25) is 0 Å². The van der Waals surface area contributed by atoms with Gasteiger partial charge >= 0.3 is 6.18 Å². The topological polar surface area (TPSA) is 67.9 Å². The zero-order valence-corrected chi connectivity index (χ0v) is 24.3. The number of fused-ring (bicyclic) bond motifs is 3. The summed E-state index contributed by atoms with van der Waals surface area (Å²) < 4.78 is 54.8. The second kappa shape index (κ2) is 11.1. The quantitative estimate of drug-likeness (QED) is 0.392. The molecule has 0 spiro atoms. The van der Waals surface area contributed by atoms with Crippen molar-refractivity contribution < 1.29 is 22.2 Å². The number of hydrogen-bond donors (Lipinski definition) is 2. The predicted molar refractivity (Wildman–Crippen MR) is 143 cm³/mol. The highest BCUT2D eigenvalue weighted by Crippen LogP contribution is 2.45. The zero-order valence-electron chi connectivity index (χ0n) is 22.7. The van der Waals surface area contributed by atoms with E-state index < -0.39 is 40.8 Å². The summed E-state index contributed by atoms with van der Waals surface area (Å²) in [4.78, 5) is 16.6. The van der Waals surface area contributed by atoms with Crippen molar-refractivity contribution in [3.63, 3.8) is 0 Å². The van der Waals surface area contributed by atoms with Crippen LogP contribution in [0.25, 0.3) is 0 Å². The number of nitrogens with one attached hydrogen (secondary N) is 2. The maximum Gasteiger partial charge on any atom is 0.409 e. The van der Waals surface area contributed by atoms with E-state index in [1.54, 1.807) is 0 Å². The van der Waals surface area contributed by atoms with E-state index in [1.165, 1.54) is 7.05 Å². The molecule has 38 heavy (non-hydrogen) atoms. The maximum absolute atomic E-state index is 14.4. The molecule has 1 aliphatic carbocycles. The summed E-state index contributed by atoms with van der Waals surface area (Å²) in [7, 11) is 0.370. The third-order valence-corrected chi connectivity index (χ3v) is 11.7. The van der Waals surface area contributed by atoms with E-state index in [0.29, 0.717) is 50.0 Å². The first kappa shape index (κ1) is 29.0. The first-order valence-electron chi connectivity index (χ1n) is 14.2. The number of rotatable bonds is 4. The first-order valence-corrected chi connectivity index (χ1v) is 16.2. The molecule has 4 saturated heterocycles. The SMILES string of the molecule is CN(C(=O)C1CCS(=O)CC1)[C@@H](C1CCC(N2CCC(C)(C)C3C2CNC2CC(Cl)NN23)CC1)C(F)(F)F. The van der Waals surface area contributed by atoms with Gasteiger partial charge in [0, 0.05) is 66.4 Å². The molecule has 12 heteroatoms. The molecule has 5 rings (SSSR count). The molecule has 0 radical (unpaired) electrons. The Labute approximate surface area is 232 Å². The lowest BCUT2D eigenvalue weighted by Crippen LogP contribution is -2.74. The molecule has 4 aliphatic heterocycles. The summed E-state index contributed by atoms with van der Waals surface area (Å²) in [6.45, 7) is 6.43. The first-order chi connectivity index (χ1) is 17.9. The molecule has 1 saturated carbocycles. The number of hydrogen-bond acceptors (Lipinski definition) is 6. The summed E-state index contributed by atoms with van der Waals surface area (Å²) in [6, 6.07) is -0.972. The minimum absolute atomic E-state index is 0.0948. The van der Waals surface area contributed by atoms with Crippen LogP contribution in [0.1, 0.15) is 65.2 Å². The monoisotopic (exact) mass is 581 g/mol. The third kappa shape index (κ3) is 5.66.